The second kappa shape index (κ2) is 18.6. The number of aromatic nitrogens is 1. The van der Waals surface area contributed by atoms with E-state index in [-0.39, 0.29) is 48.2 Å². The lowest BCUT2D eigenvalue weighted by Gasteiger charge is -2.44. The number of carbonyl (C=O) groups is 2. The predicted octanol–water partition coefficient (Wildman–Crippen LogP) is 8.02. The molecule has 0 saturated carbocycles. The second-order valence-corrected chi connectivity index (χ2v) is 13.6. The fraction of sp³-hybridized carbons (Fsp3) is 0.359. The van der Waals surface area contributed by atoms with E-state index < -0.39 is 24.8 Å². The van der Waals surface area contributed by atoms with Crippen molar-refractivity contribution in [3.8, 4) is 17.2 Å². The van der Waals surface area contributed by atoms with E-state index in [1.807, 2.05) is 12.1 Å². The highest BCUT2D eigenvalue weighted by molar-refractivity contribution is 6.35. The summed E-state index contributed by atoms with van der Waals surface area (Å²) in [5, 5.41) is 0.634. The molecule has 1 aromatic heterocycles. The molecule has 3 aliphatic heterocycles. The first-order valence-electron chi connectivity index (χ1n) is 17.3. The van der Waals surface area contributed by atoms with Gasteiger partial charge in [-0.2, -0.15) is 8.78 Å². The number of benzene rings is 3. The maximum Gasteiger partial charge on any atom is 0.415 e. The highest BCUT2D eigenvalue weighted by Crippen LogP contribution is 2.37. The monoisotopic (exact) mass is 787 g/mol. The third-order valence-electron chi connectivity index (χ3n) is 9.47. The number of para-hydroxylation sites is 2. The number of piperidine rings is 3. The average molecular weight is 789 g/mol. The van der Waals surface area contributed by atoms with E-state index in [2.05, 4.69) is 14.6 Å². The number of carbonyl (C=O) groups excluding carboxylic acids is 2. The first-order valence-corrected chi connectivity index (χ1v) is 18.1. The Labute approximate surface area is 321 Å². The molecule has 11 nitrogen and oxygen atoms in total. The Morgan fingerprint density at radius 1 is 0.963 bits per heavy atom. The molecule has 0 radical (unpaired) electrons. The third-order valence-corrected chi connectivity index (χ3v) is 10.1. The lowest BCUT2D eigenvalue weighted by atomic mass is 9.86. The van der Waals surface area contributed by atoms with Crippen molar-refractivity contribution in [2.45, 2.75) is 51.6 Å². The van der Waals surface area contributed by atoms with Crippen LogP contribution in [0.25, 0.3) is 0 Å². The molecular weight excluding hydrogens is 747 g/mol. The number of aromatic amines is 1. The number of nitrogens with one attached hydrogen (secondary N) is 1. The maximum absolute atomic E-state index is 13.8. The van der Waals surface area contributed by atoms with Gasteiger partial charge in [0.1, 0.15) is 28.0 Å². The molecule has 3 aliphatic rings. The minimum absolute atomic E-state index is 0. The highest BCUT2D eigenvalue weighted by Gasteiger charge is 2.38. The van der Waals surface area contributed by atoms with Crippen molar-refractivity contribution in [3.05, 3.63) is 111 Å². The molecule has 3 fully saturated rings. The molecule has 2 atom stereocenters. The summed E-state index contributed by atoms with van der Waals surface area (Å²) in [4.78, 5) is 34.2. The molecule has 1 amide bonds. The summed E-state index contributed by atoms with van der Waals surface area (Å²) in [6.45, 7) is 1.73. The van der Waals surface area contributed by atoms with Crippen molar-refractivity contribution < 1.29 is 52.5 Å². The Bertz CT molecular complexity index is 1880. The van der Waals surface area contributed by atoms with Gasteiger partial charge in [0, 0.05) is 18.5 Å². The Hall–Kier alpha value is -4.69. The topological polar surface area (TPSA) is 131 Å². The van der Waals surface area contributed by atoms with Crippen LogP contribution in [-0.4, -0.2) is 68.5 Å². The Morgan fingerprint density at radius 2 is 1.67 bits per heavy atom. The molecule has 288 valence electrons. The van der Waals surface area contributed by atoms with Crippen LogP contribution in [0.1, 0.15) is 52.9 Å². The van der Waals surface area contributed by atoms with E-state index in [9.17, 15) is 18.4 Å². The molecule has 0 spiro atoms. The zero-order valence-corrected chi connectivity index (χ0v) is 31.2. The number of rotatable bonds is 14. The van der Waals surface area contributed by atoms with Gasteiger partial charge in [0.15, 0.2) is 23.9 Å². The molecule has 54 heavy (non-hydrogen) atoms. The number of hydrogen-bond donors (Lipinski definition) is 0. The van der Waals surface area contributed by atoms with Crippen LogP contribution in [0.15, 0.2) is 79.1 Å². The van der Waals surface area contributed by atoms with Crippen molar-refractivity contribution in [3.63, 3.8) is 0 Å². The molecule has 2 bridgehead atoms. The molecule has 15 heteroatoms. The van der Waals surface area contributed by atoms with E-state index in [1.165, 1.54) is 18.2 Å². The summed E-state index contributed by atoms with van der Waals surface area (Å²) in [5.74, 6) is 0.0832. The number of alkyl halides is 2. The fourth-order valence-electron chi connectivity index (χ4n) is 6.74. The number of ether oxygens (including phenoxy) is 5. The number of nitrogens with zero attached hydrogens (tertiary/aromatic N) is 2. The van der Waals surface area contributed by atoms with Crippen molar-refractivity contribution in [2.75, 3.05) is 38.3 Å². The number of methoxy groups -OCH3 is 1. The van der Waals surface area contributed by atoms with Crippen LogP contribution in [0.5, 0.6) is 17.2 Å². The lowest BCUT2D eigenvalue weighted by Crippen LogP contribution is -2.53. The molecule has 2 N–H and O–H groups in total. The molecular formula is C39H41Cl2F2N3O8. The SMILES string of the molecule is CCOc1cc([C@H](Cc2c(Cl)c[nH+]cc2Cl)OC(=O)c2ccc(CN(C(=O)O[C@H]3CN4CCC3CC4)c3ccccc3OC)cc2)ccc1OC(F)F.[OH-]. The van der Waals surface area contributed by atoms with Gasteiger partial charge in [0.2, 0.25) is 0 Å². The fourth-order valence-corrected chi connectivity index (χ4v) is 7.27. The normalized spacial score (nSPS) is 17.9. The van der Waals surface area contributed by atoms with Gasteiger partial charge in [-0.15, -0.1) is 0 Å². The summed E-state index contributed by atoms with van der Waals surface area (Å²) in [6.07, 6.45) is 3.53. The Kier molecular flexibility index (Phi) is 13.9. The second-order valence-electron chi connectivity index (χ2n) is 12.8. The van der Waals surface area contributed by atoms with Crippen LogP contribution in [0, 0.1) is 5.92 Å². The van der Waals surface area contributed by atoms with Gasteiger partial charge in [0.05, 0.1) is 31.5 Å². The summed E-state index contributed by atoms with van der Waals surface area (Å²) in [7, 11) is 1.55. The van der Waals surface area contributed by atoms with Crippen molar-refractivity contribution >= 4 is 41.0 Å². The van der Waals surface area contributed by atoms with E-state index in [0.717, 1.165) is 38.0 Å². The molecule has 7 rings (SSSR count). The average Bonchev–Trinajstić information content (AvgIpc) is 3.16. The number of pyridine rings is 1. The lowest BCUT2D eigenvalue weighted by molar-refractivity contribution is -0.377. The molecule has 4 heterocycles. The summed E-state index contributed by atoms with van der Waals surface area (Å²) >= 11 is 12.9. The molecule has 3 saturated heterocycles. The number of anilines is 1. The van der Waals surface area contributed by atoms with Crippen molar-refractivity contribution in [2.24, 2.45) is 5.92 Å². The summed E-state index contributed by atoms with van der Waals surface area (Å²) in [5.41, 5.74) is 2.46. The summed E-state index contributed by atoms with van der Waals surface area (Å²) in [6, 6.07) is 18.3. The van der Waals surface area contributed by atoms with Crippen LogP contribution in [0.2, 0.25) is 10.0 Å². The summed E-state index contributed by atoms with van der Waals surface area (Å²) < 4.78 is 54.2. The highest BCUT2D eigenvalue weighted by atomic mass is 35.5. The molecule has 0 aliphatic carbocycles. The third kappa shape index (κ3) is 9.69. The van der Waals surface area contributed by atoms with Gasteiger partial charge in [-0.25, -0.2) is 14.6 Å². The number of H-pyrrole nitrogens is 1. The predicted molar refractivity (Wildman–Crippen MR) is 196 cm³/mol. The Morgan fingerprint density at radius 3 is 2.30 bits per heavy atom. The maximum atomic E-state index is 13.8. The van der Waals surface area contributed by atoms with Gasteiger partial charge in [0.25, 0.3) is 0 Å². The van der Waals surface area contributed by atoms with Gasteiger partial charge in [-0.05, 0) is 86.3 Å². The van der Waals surface area contributed by atoms with Crippen molar-refractivity contribution in [1.29, 1.82) is 0 Å². The molecule has 0 unspecified atom stereocenters. The zero-order chi connectivity index (χ0) is 37.5. The van der Waals surface area contributed by atoms with Gasteiger partial charge in [-0.3, -0.25) is 9.80 Å². The number of esters is 1. The van der Waals surface area contributed by atoms with E-state index >= 15 is 0 Å². The van der Waals surface area contributed by atoms with Crippen LogP contribution in [0.4, 0.5) is 19.3 Å². The first-order chi connectivity index (χ1) is 25.6. The number of halogens is 4. The molecule has 4 aromatic rings. The smallest absolute Gasteiger partial charge is 0.415 e. The quantitative estimate of drug-likeness (QED) is 0.117. The Balaban J connectivity index is 0.00000561. The van der Waals surface area contributed by atoms with Crippen LogP contribution >= 0.6 is 23.2 Å². The van der Waals surface area contributed by atoms with Crippen LogP contribution in [0.3, 0.4) is 0 Å². The minimum Gasteiger partial charge on any atom is -0.870 e. The minimum atomic E-state index is -3.06. The zero-order valence-electron chi connectivity index (χ0n) is 29.7. The largest absolute Gasteiger partial charge is 0.870 e. The number of fused-ring (bicyclic) bond motifs is 3. The van der Waals surface area contributed by atoms with Gasteiger partial charge >= 0.3 is 18.7 Å². The van der Waals surface area contributed by atoms with Crippen LogP contribution in [-0.2, 0) is 22.4 Å². The van der Waals surface area contributed by atoms with E-state index in [1.54, 1.807) is 67.7 Å². The first kappa shape index (κ1) is 40.5. The van der Waals surface area contributed by atoms with Gasteiger partial charge in [-0.1, -0.05) is 53.5 Å². The standard InChI is InChI=1S/C39H39Cl2F2N3O7.H2O/c1-3-50-35-18-27(12-13-33(35)52-38(42)43)34(19-28-29(40)20-44-21-30(28)41)51-37(47)26-10-8-24(9-11-26)22-46(31-6-4-5-7-32(31)49-2)39(48)53-36-23-45-16-14-25(36)15-17-45;/h4-13,18,20-21,25,34,36,38H,3,14-17,19,22-23H2,1-2H3;1H2/t34-,36-;/m0./s1. The van der Waals surface area contributed by atoms with E-state index in [4.69, 9.17) is 42.1 Å². The van der Waals surface area contributed by atoms with Crippen molar-refractivity contribution in [1.82, 2.24) is 4.90 Å². The van der Waals surface area contributed by atoms with Gasteiger partial charge < -0.3 is 29.2 Å². The van der Waals surface area contributed by atoms with E-state index in [0.29, 0.717) is 38.5 Å². The molecule has 3 aromatic carbocycles. The number of amides is 1. The van der Waals surface area contributed by atoms with Crippen LogP contribution < -0.4 is 24.1 Å². The number of hydrogen-bond acceptors (Lipinski definition) is 9.